The number of hydrogen-bond donors (Lipinski definition) is 0. The lowest BCUT2D eigenvalue weighted by molar-refractivity contribution is 0.163. The van der Waals surface area contributed by atoms with Gasteiger partial charge < -0.3 is 4.40 Å². The van der Waals surface area contributed by atoms with Gasteiger partial charge in [-0.2, -0.15) is 5.10 Å². The Morgan fingerprint density at radius 1 is 1.09 bits per heavy atom. The first-order valence-corrected chi connectivity index (χ1v) is 7.99. The largest absolute Gasteiger partial charge is 0.307 e. The van der Waals surface area contributed by atoms with Crippen molar-refractivity contribution in [2.45, 2.75) is 25.9 Å². The minimum atomic E-state index is 0.747. The van der Waals surface area contributed by atoms with Crippen LogP contribution in [-0.4, -0.2) is 37.2 Å². The summed E-state index contributed by atoms with van der Waals surface area (Å²) >= 11 is 0. The number of nitrogens with zero attached hydrogens (tertiary/aromatic N) is 5. The number of piperidine rings is 1. The molecule has 22 heavy (non-hydrogen) atoms. The van der Waals surface area contributed by atoms with Gasteiger partial charge in [-0.25, -0.2) is 4.98 Å². The van der Waals surface area contributed by atoms with E-state index in [0.717, 1.165) is 43.4 Å². The third-order valence-electron chi connectivity index (χ3n) is 4.51. The van der Waals surface area contributed by atoms with Gasteiger partial charge in [0.2, 0.25) is 0 Å². The molecule has 1 aliphatic heterocycles. The van der Waals surface area contributed by atoms with Crippen molar-refractivity contribution >= 4 is 5.65 Å². The average Bonchev–Trinajstić information content (AvgIpc) is 3.18. The van der Waals surface area contributed by atoms with E-state index in [1.165, 1.54) is 12.8 Å². The van der Waals surface area contributed by atoms with Crippen LogP contribution in [0, 0.1) is 5.92 Å². The van der Waals surface area contributed by atoms with Crippen molar-refractivity contribution < 1.29 is 0 Å². The third-order valence-corrected chi connectivity index (χ3v) is 4.51. The highest BCUT2D eigenvalue weighted by Crippen LogP contribution is 2.20. The lowest BCUT2D eigenvalue weighted by atomic mass is 9.97. The number of aromatic nitrogens is 4. The van der Waals surface area contributed by atoms with Gasteiger partial charge in [0.15, 0.2) is 0 Å². The zero-order chi connectivity index (χ0) is 14.8. The van der Waals surface area contributed by atoms with Gasteiger partial charge in [0, 0.05) is 37.9 Å². The number of fused-ring (bicyclic) bond motifs is 1. The molecule has 4 heterocycles. The molecule has 1 fully saturated rings. The summed E-state index contributed by atoms with van der Waals surface area (Å²) in [7, 11) is 0. The van der Waals surface area contributed by atoms with Crippen LogP contribution in [0.1, 0.15) is 18.5 Å². The van der Waals surface area contributed by atoms with Crippen molar-refractivity contribution in [1.82, 2.24) is 24.1 Å². The SMILES string of the molecule is c1ccn2cc(CN3CCC(Cn4cccn4)CC3)nc2c1. The molecule has 0 spiro atoms. The van der Waals surface area contributed by atoms with E-state index in [0.29, 0.717) is 0 Å². The monoisotopic (exact) mass is 295 g/mol. The molecule has 0 bridgehead atoms. The quantitative estimate of drug-likeness (QED) is 0.742. The molecule has 0 N–H and O–H groups in total. The molecule has 0 saturated carbocycles. The number of imidazole rings is 1. The van der Waals surface area contributed by atoms with E-state index in [4.69, 9.17) is 4.98 Å². The topological polar surface area (TPSA) is 38.4 Å². The molecule has 0 atom stereocenters. The molecular weight excluding hydrogens is 274 g/mol. The molecule has 4 rings (SSSR count). The zero-order valence-electron chi connectivity index (χ0n) is 12.7. The highest BCUT2D eigenvalue weighted by molar-refractivity contribution is 5.39. The van der Waals surface area contributed by atoms with Crippen LogP contribution in [0.4, 0.5) is 0 Å². The second-order valence-corrected chi connectivity index (χ2v) is 6.15. The summed E-state index contributed by atoms with van der Waals surface area (Å²) in [4.78, 5) is 7.21. The van der Waals surface area contributed by atoms with Crippen LogP contribution in [0.5, 0.6) is 0 Å². The Kier molecular flexibility index (Phi) is 3.64. The van der Waals surface area contributed by atoms with Crippen LogP contribution in [0.2, 0.25) is 0 Å². The number of hydrogen-bond acceptors (Lipinski definition) is 3. The first-order chi connectivity index (χ1) is 10.9. The van der Waals surface area contributed by atoms with Crippen molar-refractivity contribution in [3.8, 4) is 0 Å². The fourth-order valence-corrected chi connectivity index (χ4v) is 3.29. The van der Waals surface area contributed by atoms with E-state index in [1.807, 2.05) is 24.4 Å². The lowest BCUT2D eigenvalue weighted by Gasteiger charge is -2.31. The van der Waals surface area contributed by atoms with Crippen LogP contribution in [0.15, 0.2) is 49.1 Å². The van der Waals surface area contributed by atoms with Crippen LogP contribution >= 0.6 is 0 Å². The van der Waals surface area contributed by atoms with Crippen molar-refractivity contribution in [3.05, 3.63) is 54.7 Å². The maximum Gasteiger partial charge on any atom is 0.137 e. The summed E-state index contributed by atoms with van der Waals surface area (Å²) in [5.74, 6) is 0.747. The molecule has 0 unspecified atom stereocenters. The Bertz CT molecular complexity index is 689. The normalized spacial score (nSPS) is 17.3. The summed E-state index contributed by atoms with van der Waals surface area (Å²) < 4.78 is 4.15. The smallest absolute Gasteiger partial charge is 0.137 e. The van der Waals surface area contributed by atoms with Crippen LogP contribution in [-0.2, 0) is 13.1 Å². The first kappa shape index (κ1) is 13.5. The summed E-state index contributed by atoms with van der Waals surface area (Å²) in [5.41, 5.74) is 2.20. The Labute approximate surface area is 130 Å². The van der Waals surface area contributed by atoms with Gasteiger partial charge in [0.25, 0.3) is 0 Å². The second kappa shape index (κ2) is 5.93. The van der Waals surface area contributed by atoms with Gasteiger partial charge in [-0.05, 0) is 50.0 Å². The highest BCUT2D eigenvalue weighted by Gasteiger charge is 2.20. The molecule has 5 nitrogen and oxygen atoms in total. The van der Waals surface area contributed by atoms with Gasteiger partial charge in [-0.3, -0.25) is 9.58 Å². The number of pyridine rings is 1. The molecular formula is C17H21N5. The Balaban J connectivity index is 1.33. The summed E-state index contributed by atoms with van der Waals surface area (Å²) in [6, 6.07) is 8.13. The standard InChI is InChI=1S/C17H21N5/c1-2-8-21-14-16(19-17(21)4-1)13-20-10-5-15(6-11-20)12-22-9-3-7-18-22/h1-4,7-9,14-15H,5-6,10-13H2. The van der Waals surface area contributed by atoms with Gasteiger partial charge in [-0.15, -0.1) is 0 Å². The number of likely N-dealkylation sites (tertiary alicyclic amines) is 1. The highest BCUT2D eigenvalue weighted by atomic mass is 15.3. The van der Waals surface area contributed by atoms with Crippen molar-refractivity contribution in [3.63, 3.8) is 0 Å². The number of rotatable bonds is 4. The fourth-order valence-electron chi connectivity index (χ4n) is 3.29. The maximum atomic E-state index is 4.69. The molecule has 1 saturated heterocycles. The lowest BCUT2D eigenvalue weighted by Crippen LogP contribution is -2.34. The Morgan fingerprint density at radius 3 is 2.77 bits per heavy atom. The first-order valence-electron chi connectivity index (χ1n) is 7.99. The van der Waals surface area contributed by atoms with Crippen molar-refractivity contribution in [2.24, 2.45) is 5.92 Å². The van der Waals surface area contributed by atoms with E-state index in [9.17, 15) is 0 Å². The van der Waals surface area contributed by atoms with Crippen LogP contribution < -0.4 is 0 Å². The molecule has 1 aliphatic rings. The van der Waals surface area contributed by atoms with E-state index in [-0.39, 0.29) is 0 Å². The Morgan fingerprint density at radius 2 is 2.00 bits per heavy atom. The van der Waals surface area contributed by atoms with Crippen LogP contribution in [0.25, 0.3) is 5.65 Å². The third kappa shape index (κ3) is 2.90. The molecule has 5 heteroatoms. The van der Waals surface area contributed by atoms with Crippen molar-refractivity contribution in [1.29, 1.82) is 0 Å². The van der Waals surface area contributed by atoms with Crippen molar-refractivity contribution in [2.75, 3.05) is 13.1 Å². The maximum absolute atomic E-state index is 4.69. The molecule has 0 aromatic carbocycles. The van der Waals surface area contributed by atoms with E-state index in [1.54, 1.807) is 0 Å². The van der Waals surface area contributed by atoms with Gasteiger partial charge in [0.1, 0.15) is 5.65 Å². The van der Waals surface area contributed by atoms with Gasteiger partial charge in [-0.1, -0.05) is 6.07 Å². The molecule has 114 valence electrons. The molecule has 0 amide bonds. The predicted octanol–water partition coefficient (Wildman–Crippen LogP) is 2.44. The predicted molar refractivity (Wildman–Crippen MR) is 85.4 cm³/mol. The summed E-state index contributed by atoms with van der Waals surface area (Å²) in [6.45, 7) is 4.31. The van der Waals surface area contributed by atoms with Gasteiger partial charge in [0.05, 0.1) is 5.69 Å². The fraction of sp³-hybridized carbons (Fsp3) is 0.412. The summed E-state index contributed by atoms with van der Waals surface area (Å²) in [5, 5.41) is 4.31. The van der Waals surface area contributed by atoms with E-state index >= 15 is 0 Å². The molecule has 0 radical (unpaired) electrons. The molecule has 3 aromatic rings. The Hall–Kier alpha value is -2.14. The van der Waals surface area contributed by atoms with E-state index < -0.39 is 0 Å². The summed E-state index contributed by atoms with van der Waals surface area (Å²) in [6.07, 6.45) is 10.6. The van der Waals surface area contributed by atoms with E-state index in [2.05, 4.69) is 43.7 Å². The molecule has 0 aliphatic carbocycles. The average molecular weight is 295 g/mol. The minimum absolute atomic E-state index is 0.747. The van der Waals surface area contributed by atoms with Gasteiger partial charge >= 0.3 is 0 Å². The molecule has 3 aromatic heterocycles. The zero-order valence-corrected chi connectivity index (χ0v) is 12.7. The second-order valence-electron chi connectivity index (χ2n) is 6.15. The minimum Gasteiger partial charge on any atom is -0.307 e. The van der Waals surface area contributed by atoms with Crippen LogP contribution in [0.3, 0.4) is 0 Å².